The van der Waals surface area contributed by atoms with E-state index in [9.17, 15) is 8.42 Å². The Morgan fingerprint density at radius 1 is 1.47 bits per heavy atom. The average molecular weight is 315 g/mol. The summed E-state index contributed by atoms with van der Waals surface area (Å²) in [6, 6.07) is 7.27. The largest absolute Gasteiger partial charge is 0.380 e. The Morgan fingerprint density at radius 3 is 2.82 bits per heavy atom. The SMILES string of the molecule is N#Cc1ccc(Br)cc1NC1CCS(=O)(=O)C1. The zero-order chi connectivity index (χ0) is 12.5. The lowest BCUT2D eigenvalue weighted by atomic mass is 10.1. The summed E-state index contributed by atoms with van der Waals surface area (Å²) in [6.07, 6.45) is 0.597. The Kier molecular flexibility index (Phi) is 3.40. The van der Waals surface area contributed by atoms with E-state index in [4.69, 9.17) is 5.26 Å². The van der Waals surface area contributed by atoms with E-state index in [0.29, 0.717) is 17.7 Å². The van der Waals surface area contributed by atoms with Crippen LogP contribution in [0.2, 0.25) is 0 Å². The molecular formula is C11H11BrN2O2S. The Morgan fingerprint density at radius 2 is 2.24 bits per heavy atom. The number of benzene rings is 1. The van der Waals surface area contributed by atoms with Crippen LogP contribution >= 0.6 is 15.9 Å². The molecule has 0 radical (unpaired) electrons. The zero-order valence-corrected chi connectivity index (χ0v) is 11.4. The van der Waals surface area contributed by atoms with E-state index < -0.39 is 9.84 Å². The molecular weight excluding hydrogens is 304 g/mol. The second kappa shape index (κ2) is 4.67. The maximum absolute atomic E-state index is 11.3. The highest BCUT2D eigenvalue weighted by Crippen LogP contribution is 2.24. The molecule has 1 aliphatic rings. The Balaban J connectivity index is 2.20. The molecule has 0 bridgehead atoms. The van der Waals surface area contributed by atoms with Crippen LogP contribution in [-0.2, 0) is 9.84 Å². The van der Waals surface area contributed by atoms with Crippen molar-refractivity contribution in [1.29, 1.82) is 5.26 Å². The molecule has 1 unspecified atom stereocenters. The van der Waals surface area contributed by atoms with E-state index in [2.05, 4.69) is 27.3 Å². The smallest absolute Gasteiger partial charge is 0.152 e. The topological polar surface area (TPSA) is 70.0 Å². The van der Waals surface area contributed by atoms with Gasteiger partial charge in [-0.25, -0.2) is 8.42 Å². The van der Waals surface area contributed by atoms with Gasteiger partial charge >= 0.3 is 0 Å². The number of hydrogen-bond acceptors (Lipinski definition) is 4. The highest BCUT2D eigenvalue weighted by atomic mass is 79.9. The number of nitriles is 1. The Labute approximate surface area is 109 Å². The van der Waals surface area contributed by atoms with Gasteiger partial charge in [0.2, 0.25) is 0 Å². The lowest BCUT2D eigenvalue weighted by Crippen LogP contribution is -2.21. The van der Waals surface area contributed by atoms with E-state index in [1.54, 1.807) is 18.2 Å². The number of nitrogens with zero attached hydrogens (tertiary/aromatic N) is 1. The van der Waals surface area contributed by atoms with Crippen molar-refractivity contribution in [3.63, 3.8) is 0 Å². The van der Waals surface area contributed by atoms with Crippen molar-refractivity contribution in [2.24, 2.45) is 0 Å². The summed E-state index contributed by atoms with van der Waals surface area (Å²) in [5.41, 5.74) is 1.21. The Bertz CT molecular complexity index is 578. The second-order valence-corrected chi connectivity index (χ2v) is 7.19. The van der Waals surface area contributed by atoms with Gasteiger partial charge in [0.25, 0.3) is 0 Å². The first-order valence-corrected chi connectivity index (χ1v) is 7.78. The van der Waals surface area contributed by atoms with Crippen LogP contribution in [0.15, 0.2) is 22.7 Å². The minimum absolute atomic E-state index is 0.0959. The molecule has 1 saturated heterocycles. The number of rotatable bonds is 2. The normalized spacial score (nSPS) is 22.0. The predicted molar refractivity (Wildman–Crippen MR) is 69.5 cm³/mol. The summed E-state index contributed by atoms with van der Waals surface area (Å²) in [5.74, 6) is 0.366. The number of nitrogens with one attached hydrogen (secondary N) is 1. The lowest BCUT2D eigenvalue weighted by Gasteiger charge is -2.13. The van der Waals surface area contributed by atoms with Crippen molar-refractivity contribution in [3.05, 3.63) is 28.2 Å². The first kappa shape index (κ1) is 12.4. The molecule has 0 amide bonds. The summed E-state index contributed by atoms with van der Waals surface area (Å²) in [4.78, 5) is 0. The molecule has 0 aromatic heterocycles. The minimum Gasteiger partial charge on any atom is -0.380 e. The molecule has 6 heteroatoms. The molecule has 0 aliphatic carbocycles. The quantitative estimate of drug-likeness (QED) is 0.905. The first-order chi connectivity index (χ1) is 8.00. The van der Waals surface area contributed by atoms with Gasteiger partial charge in [-0.05, 0) is 24.6 Å². The first-order valence-electron chi connectivity index (χ1n) is 5.17. The average Bonchev–Trinajstić information content (AvgIpc) is 2.58. The molecule has 1 aromatic carbocycles. The highest BCUT2D eigenvalue weighted by molar-refractivity contribution is 9.10. The van der Waals surface area contributed by atoms with E-state index in [1.807, 2.05) is 0 Å². The maximum atomic E-state index is 11.3. The summed E-state index contributed by atoms with van der Waals surface area (Å²) < 4.78 is 23.5. The maximum Gasteiger partial charge on any atom is 0.152 e. The number of sulfone groups is 1. The molecule has 90 valence electrons. The number of anilines is 1. The molecule has 1 aromatic rings. The van der Waals surface area contributed by atoms with Gasteiger partial charge in [-0.2, -0.15) is 5.26 Å². The van der Waals surface area contributed by atoms with Crippen LogP contribution < -0.4 is 5.32 Å². The van der Waals surface area contributed by atoms with Crippen LogP contribution in [0.25, 0.3) is 0 Å². The standard InChI is InChI=1S/C11H11BrN2O2S/c12-9-2-1-8(6-13)11(5-9)14-10-3-4-17(15,16)7-10/h1-2,5,10,14H,3-4,7H2. The second-order valence-electron chi connectivity index (χ2n) is 4.05. The highest BCUT2D eigenvalue weighted by Gasteiger charge is 2.28. The van der Waals surface area contributed by atoms with Gasteiger partial charge in [0.1, 0.15) is 6.07 Å². The molecule has 17 heavy (non-hydrogen) atoms. The van der Waals surface area contributed by atoms with Crippen LogP contribution in [0.5, 0.6) is 0 Å². The van der Waals surface area contributed by atoms with Crippen LogP contribution in [0.3, 0.4) is 0 Å². The van der Waals surface area contributed by atoms with E-state index in [0.717, 1.165) is 4.47 Å². The van der Waals surface area contributed by atoms with E-state index >= 15 is 0 Å². The van der Waals surface area contributed by atoms with E-state index in [1.165, 1.54) is 0 Å². The lowest BCUT2D eigenvalue weighted by molar-refractivity contribution is 0.602. The van der Waals surface area contributed by atoms with Crippen LogP contribution in [0.4, 0.5) is 5.69 Å². The Hall–Kier alpha value is -1.06. The molecule has 1 heterocycles. The molecule has 1 atom stereocenters. The van der Waals surface area contributed by atoms with Gasteiger partial charge in [-0.3, -0.25) is 0 Å². The molecule has 1 N–H and O–H groups in total. The van der Waals surface area contributed by atoms with Gasteiger partial charge in [-0.1, -0.05) is 15.9 Å². The molecule has 0 saturated carbocycles. The minimum atomic E-state index is -2.90. The van der Waals surface area contributed by atoms with Crippen molar-refractivity contribution < 1.29 is 8.42 Å². The fraction of sp³-hybridized carbons (Fsp3) is 0.364. The molecule has 0 spiro atoms. The van der Waals surface area contributed by atoms with Crippen molar-refractivity contribution >= 4 is 31.5 Å². The molecule has 2 rings (SSSR count). The van der Waals surface area contributed by atoms with Gasteiger partial charge in [0.05, 0.1) is 22.8 Å². The fourth-order valence-electron chi connectivity index (χ4n) is 1.86. The summed E-state index contributed by atoms with van der Waals surface area (Å²) in [7, 11) is -2.90. The third-order valence-corrected chi connectivity index (χ3v) is 4.96. The summed E-state index contributed by atoms with van der Waals surface area (Å²) in [6.45, 7) is 0. The zero-order valence-electron chi connectivity index (χ0n) is 8.98. The third-order valence-electron chi connectivity index (χ3n) is 2.69. The fourth-order valence-corrected chi connectivity index (χ4v) is 3.90. The van der Waals surface area contributed by atoms with Gasteiger partial charge in [0, 0.05) is 10.5 Å². The molecule has 4 nitrogen and oxygen atoms in total. The van der Waals surface area contributed by atoms with Gasteiger partial charge in [-0.15, -0.1) is 0 Å². The van der Waals surface area contributed by atoms with Crippen molar-refractivity contribution in [3.8, 4) is 6.07 Å². The van der Waals surface area contributed by atoms with Crippen molar-refractivity contribution in [1.82, 2.24) is 0 Å². The monoisotopic (exact) mass is 314 g/mol. The molecule has 1 aliphatic heterocycles. The summed E-state index contributed by atoms with van der Waals surface area (Å²) >= 11 is 3.33. The van der Waals surface area contributed by atoms with Crippen LogP contribution in [0, 0.1) is 11.3 Å². The van der Waals surface area contributed by atoms with Crippen molar-refractivity contribution in [2.45, 2.75) is 12.5 Å². The van der Waals surface area contributed by atoms with E-state index in [-0.39, 0.29) is 17.5 Å². The van der Waals surface area contributed by atoms with Crippen LogP contribution in [-0.4, -0.2) is 26.0 Å². The van der Waals surface area contributed by atoms with Gasteiger partial charge < -0.3 is 5.32 Å². The third kappa shape index (κ3) is 2.99. The summed E-state index contributed by atoms with van der Waals surface area (Å²) in [5, 5.41) is 12.1. The van der Waals surface area contributed by atoms with Crippen LogP contribution in [0.1, 0.15) is 12.0 Å². The number of halogens is 1. The predicted octanol–water partition coefficient (Wildman–Crippen LogP) is 1.92. The van der Waals surface area contributed by atoms with Gasteiger partial charge in [0.15, 0.2) is 9.84 Å². The molecule has 1 fully saturated rings. The number of hydrogen-bond donors (Lipinski definition) is 1. The van der Waals surface area contributed by atoms with Crippen molar-refractivity contribution in [2.75, 3.05) is 16.8 Å².